The molecule has 2 aliphatic rings. The molecule has 0 aromatic heterocycles. The van der Waals surface area contributed by atoms with Crippen molar-refractivity contribution in [2.24, 2.45) is 11.7 Å². The normalized spacial score (nSPS) is 25.8. The Labute approximate surface area is 157 Å². The second-order valence-electron chi connectivity index (χ2n) is 6.72. The van der Waals surface area contributed by atoms with Gasteiger partial charge in [0.25, 0.3) is 17.6 Å². The number of nitrogens with one attached hydrogen (secondary N) is 1. The van der Waals surface area contributed by atoms with Crippen molar-refractivity contribution in [1.82, 2.24) is 5.48 Å². The topological polar surface area (TPSA) is 117 Å². The number of allylic oxidation sites excluding steroid dienone is 2. The summed E-state index contributed by atoms with van der Waals surface area (Å²) in [6.07, 6.45) is 6.16. The minimum Gasteiger partial charge on any atom is -0.381 e. The first-order chi connectivity index (χ1) is 13.0. The maximum absolute atomic E-state index is 12.2. The number of primary amides is 1. The van der Waals surface area contributed by atoms with Gasteiger partial charge in [-0.25, -0.2) is 5.48 Å². The van der Waals surface area contributed by atoms with E-state index >= 15 is 0 Å². The first-order valence-corrected chi connectivity index (χ1v) is 8.91. The molecule has 1 aromatic rings. The summed E-state index contributed by atoms with van der Waals surface area (Å²) in [5.41, 5.74) is 7.84. The molecule has 1 aliphatic carbocycles. The molecule has 8 heteroatoms. The van der Waals surface area contributed by atoms with E-state index in [0.717, 1.165) is 18.4 Å². The minimum absolute atomic E-state index is 0.320. The van der Waals surface area contributed by atoms with Crippen LogP contribution in [0.3, 0.4) is 0 Å². The van der Waals surface area contributed by atoms with Gasteiger partial charge in [0.1, 0.15) is 0 Å². The van der Waals surface area contributed by atoms with Crippen molar-refractivity contribution >= 4 is 11.5 Å². The number of hydrogen-bond donors (Lipinski definition) is 2. The van der Waals surface area contributed by atoms with E-state index in [-0.39, 0.29) is 0 Å². The van der Waals surface area contributed by atoms with Gasteiger partial charge in [0, 0.05) is 30.8 Å². The zero-order chi connectivity index (χ0) is 19.3. The van der Waals surface area contributed by atoms with E-state index in [1.807, 2.05) is 30.3 Å². The molecule has 0 radical (unpaired) electrons. The van der Waals surface area contributed by atoms with Gasteiger partial charge in [0.2, 0.25) is 0 Å². The number of carbonyl (C=O) groups excluding carboxylic acids is 1. The van der Waals surface area contributed by atoms with Gasteiger partial charge in [-0.2, -0.15) is 0 Å². The molecular weight excluding hydrogens is 350 g/mol. The number of nitrogens with two attached hydrogens (primary N) is 1. The average molecular weight is 373 g/mol. The van der Waals surface area contributed by atoms with E-state index in [0.29, 0.717) is 31.2 Å². The Morgan fingerprint density at radius 1 is 1.33 bits per heavy atom. The van der Waals surface area contributed by atoms with Crippen LogP contribution in [0, 0.1) is 16.0 Å². The van der Waals surface area contributed by atoms with Crippen molar-refractivity contribution in [2.45, 2.75) is 24.5 Å². The maximum atomic E-state index is 12.2. The molecule has 144 valence electrons. The summed E-state index contributed by atoms with van der Waals surface area (Å²) in [5, 5.41) is 11.7. The molecule has 1 amide bonds. The molecule has 1 aliphatic heterocycles. The van der Waals surface area contributed by atoms with E-state index < -0.39 is 22.5 Å². The Bertz CT molecular complexity index is 743. The average Bonchev–Trinajstić information content (AvgIpc) is 2.69. The number of rotatable bonds is 7. The van der Waals surface area contributed by atoms with E-state index in [2.05, 4.69) is 5.48 Å². The second-order valence-corrected chi connectivity index (χ2v) is 6.72. The number of amides is 1. The zero-order valence-electron chi connectivity index (χ0n) is 14.9. The molecular formula is C19H23N3O5. The summed E-state index contributed by atoms with van der Waals surface area (Å²) in [6, 6.07) is 7.79. The van der Waals surface area contributed by atoms with Crippen LogP contribution in [-0.2, 0) is 14.4 Å². The van der Waals surface area contributed by atoms with Crippen molar-refractivity contribution in [1.29, 1.82) is 0 Å². The third-order valence-electron chi connectivity index (χ3n) is 4.96. The van der Waals surface area contributed by atoms with Gasteiger partial charge >= 0.3 is 0 Å². The quantitative estimate of drug-likeness (QED) is 0.552. The van der Waals surface area contributed by atoms with Gasteiger partial charge in [-0.15, -0.1) is 0 Å². The highest BCUT2D eigenvalue weighted by molar-refractivity contribution is 5.90. The van der Waals surface area contributed by atoms with E-state index in [1.165, 1.54) is 12.2 Å². The number of benzene rings is 1. The molecule has 1 heterocycles. The van der Waals surface area contributed by atoms with Crippen LogP contribution in [0.4, 0.5) is 0 Å². The van der Waals surface area contributed by atoms with E-state index in [4.69, 9.17) is 15.3 Å². The first-order valence-electron chi connectivity index (χ1n) is 8.91. The van der Waals surface area contributed by atoms with Crippen molar-refractivity contribution in [3.8, 4) is 0 Å². The number of hydroxylamine groups is 1. The van der Waals surface area contributed by atoms with E-state index in [9.17, 15) is 14.9 Å². The lowest BCUT2D eigenvalue weighted by molar-refractivity contribution is -0.527. The highest BCUT2D eigenvalue weighted by atomic mass is 16.7. The fourth-order valence-corrected chi connectivity index (χ4v) is 3.30. The lowest BCUT2D eigenvalue weighted by Gasteiger charge is -2.32. The molecule has 2 atom stereocenters. The summed E-state index contributed by atoms with van der Waals surface area (Å²) in [4.78, 5) is 28.9. The maximum Gasteiger partial charge on any atom is 0.275 e. The molecule has 0 bridgehead atoms. The molecule has 1 saturated heterocycles. The largest absolute Gasteiger partial charge is 0.381 e. The summed E-state index contributed by atoms with van der Waals surface area (Å²) in [6.45, 7) is 1.81. The summed E-state index contributed by atoms with van der Waals surface area (Å²) in [5.74, 6) is -0.594. The van der Waals surface area contributed by atoms with Gasteiger partial charge in [-0.1, -0.05) is 36.4 Å². The van der Waals surface area contributed by atoms with Crippen LogP contribution in [0.5, 0.6) is 0 Å². The standard InChI is InChI=1S/C19H23N3O5/c20-18(23)19(27-21-13-14-7-10-26-11-8-14)9-6-16(12-17(19)22(24)25)15-4-2-1-3-5-15/h1-6,9,12,14,17,21H,7-8,10-11,13H2,(H2,20,23). The molecule has 1 fully saturated rings. The Balaban J connectivity index is 1.78. The fraction of sp³-hybridized carbons (Fsp3) is 0.421. The number of nitrogens with zero attached hydrogens (tertiary/aromatic N) is 1. The van der Waals surface area contributed by atoms with Crippen molar-refractivity contribution < 1.29 is 19.3 Å². The number of nitro groups is 1. The Morgan fingerprint density at radius 2 is 2.04 bits per heavy atom. The molecule has 0 saturated carbocycles. The molecule has 3 N–H and O–H groups in total. The lowest BCUT2D eigenvalue weighted by Crippen LogP contribution is -2.59. The van der Waals surface area contributed by atoms with Crippen molar-refractivity contribution in [2.75, 3.05) is 19.8 Å². The highest BCUT2D eigenvalue weighted by Crippen LogP contribution is 2.31. The molecule has 1 aromatic carbocycles. The second kappa shape index (κ2) is 8.43. The smallest absolute Gasteiger partial charge is 0.275 e. The van der Waals surface area contributed by atoms with Crippen LogP contribution in [0.15, 0.2) is 48.6 Å². The number of ether oxygens (including phenoxy) is 1. The van der Waals surface area contributed by atoms with Gasteiger partial charge in [0.05, 0.1) is 0 Å². The van der Waals surface area contributed by atoms with Crippen LogP contribution in [0.25, 0.3) is 5.57 Å². The summed E-state index contributed by atoms with van der Waals surface area (Å²) < 4.78 is 5.31. The first kappa shape index (κ1) is 19.2. The van der Waals surface area contributed by atoms with E-state index in [1.54, 1.807) is 6.08 Å². The number of carbonyl (C=O) groups is 1. The van der Waals surface area contributed by atoms with Crippen LogP contribution in [0.2, 0.25) is 0 Å². The molecule has 3 rings (SSSR count). The van der Waals surface area contributed by atoms with Crippen LogP contribution < -0.4 is 11.2 Å². The van der Waals surface area contributed by atoms with Crippen LogP contribution >= 0.6 is 0 Å². The predicted molar refractivity (Wildman–Crippen MR) is 98.9 cm³/mol. The Morgan fingerprint density at radius 3 is 2.67 bits per heavy atom. The SMILES string of the molecule is NC(=O)C1(ONCC2CCOCC2)C=CC(c2ccccc2)=CC1[N+](=O)[O-]. The molecule has 8 nitrogen and oxygen atoms in total. The summed E-state index contributed by atoms with van der Waals surface area (Å²) in [7, 11) is 0. The molecule has 0 spiro atoms. The zero-order valence-corrected chi connectivity index (χ0v) is 14.9. The fourth-order valence-electron chi connectivity index (χ4n) is 3.30. The highest BCUT2D eigenvalue weighted by Gasteiger charge is 2.53. The van der Waals surface area contributed by atoms with Crippen LogP contribution in [-0.4, -0.2) is 42.2 Å². The van der Waals surface area contributed by atoms with Gasteiger partial charge in [-0.05, 0) is 36.0 Å². The van der Waals surface area contributed by atoms with Crippen LogP contribution in [0.1, 0.15) is 18.4 Å². The Kier molecular flexibility index (Phi) is 6.00. The van der Waals surface area contributed by atoms with Crippen molar-refractivity contribution in [3.05, 3.63) is 64.2 Å². The third-order valence-corrected chi connectivity index (χ3v) is 4.96. The predicted octanol–water partition coefficient (Wildman–Crippen LogP) is 1.46. The molecule has 27 heavy (non-hydrogen) atoms. The monoisotopic (exact) mass is 373 g/mol. The lowest BCUT2D eigenvalue weighted by atomic mass is 9.85. The minimum atomic E-state index is -1.88. The third kappa shape index (κ3) is 4.24. The van der Waals surface area contributed by atoms with Gasteiger partial charge in [-0.3, -0.25) is 19.7 Å². The van der Waals surface area contributed by atoms with Gasteiger partial charge in [0.15, 0.2) is 0 Å². The molecule has 2 unspecified atom stereocenters. The number of hydrogen-bond acceptors (Lipinski definition) is 6. The summed E-state index contributed by atoms with van der Waals surface area (Å²) >= 11 is 0. The van der Waals surface area contributed by atoms with Crippen molar-refractivity contribution in [3.63, 3.8) is 0 Å². The van der Waals surface area contributed by atoms with Gasteiger partial charge < -0.3 is 10.5 Å². The Hall–Kier alpha value is -2.55.